The Morgan fingerprint density at radius 2 is 2.00 bits per heavy atom. The van der Waals surface area contributed by atoms with Gasteiger partial charge in [0.25, 0.3) is 5.91 Å². The molecule has 0 bridgehead atoms. The van der Waals surface area contributed by atoms with Gasteiger partial charge in [-0.05, 0) is 49.4 Å². The zero-order chi connectivity index (χ0) is 19.5. The quantitative estimate of drug-likeness (QED) is 0.707. The van der Waals surface area contributed by atoms with Gasteiger partial charge in [-0.15, -0.1) is 0 Å². The van der Waals surface area contributed by atoms with Gasteiger partial charge in [-0.2, -0.15) is 0 Å². The fraction of sp³-hybridized carbons (Fsp3) is 0.300. The van der Waals surface area contributed by atoms with Crippen LogP contribution in [-0.2, 0) is 9.53 Å². The van der Waals surface area contributed by atoms with Crippen molar-refractivity contribution < 1.29 is 18.7 Å². The van der Waals surface area contributed by atoms with Crippen molar-refractivity contribution in [1.29, 1.82) is 0 Å². The van der Waals surface area contributed by atoms with Gasteiger partial charge in [-0.3, -0.25) is 4.79 Å². The molecule has 0 saturated carbocycles. The molecule has 0 aliphatic carbocycles. The van der Waals surface area contributed by atoms with Gasteiger partial charge in [0, 0.05) is 18.8 Å². The van der Waals surface area contributed by atoms with Gasteiger partial charge < -0.3 is 19.7 Å². The van der Waals surface area contributed by atoms with Gasteiger partial charge in [0.15, 0.2) is 11.2 Å². The van der Waals surface area contributed by atoms with Crippen LogP contribution in [0.4, 0.5) is 15.2 Å². The molecular weight excluding hydrogens is 381 g/mol. The van der Waals surface area contributed by atoms with Crippen LogP contribution in [0.3, 0.4) is 0 Å². The number of rotatable bonds is 5. The Labute approximate surface area is 165 Å². The second-order valence-corrected chi connectivity index (χ2v) is 7.49. The molecule has 8 heteroatoms. The Balaban J connectivity index is 1.43. The van der Waals surface area contributed by atoms with Crippen molar-refractivity contribution in [2.45, 2.75) is 13.0 Å². The van der Waals surface area contributed by atoms with E-state index in [0.29, 0.717) is 24.7 Å². The molecule has 1 aliphatic rings. The molecule has 1 aliphatic heterocycles. The first-order valence-electron chi connectivity index (χ1n) is 9.05. The van der Waals surface area contributed by atoms with Crippen molar-refractivity contribution >= 4 is 38.3 Å². The smallest absolute Gasteiger partial charge is 0.265 e. The van der Waals surface area contributed by atoms with E-state index in [1.807, 2.05) is 18.2 Å². The lowest BCUT2D eigenvalue weighted by molar-refractivity contribution is -0.122. The molecule has 1 fully saturated rings. The largest absolute Gasteiger partial charge is 0.481 e. The Bertz CT molecular complexity index is 970. The number of fused-ring (bicyclic) bond motifs is 1. The Morgan fingerprint density at radius 3 is 2.75 bits per heavy atom. The third-order valence-corrected chi connectivity index (χ3v) is 5.50. The molecule has 1 amide bonds. The van der Waals surface area contributed by atoms with Gasteiger partial charge in [0.2, 0.25) is 0 Å². The number of aromatic nitrogens is 1. The Kier molecular flexibility index (Phi) is 5.40. The molecule has 0 spiro atoms. The highest BCUT2D eigenvalue weighted by Gasteiger charge is 2.17. The molecule has 146 valence electrons. The molecule has 2 heterocycles. The molecule has 6 nitrogen and oxygen atoms in total. The minimum Gasteiger partial charge on any atom is -0.481 e. The van der Waals surface area contributed by atoms with E-state index >= 15 is 0 Å². The predicted octanol–water partition coefficient (Wildman–Crippen LogP) is 3.68. The highest BCUT2D eigenvalue weighted by molar-refractivity contribution is 7.22. The molecule has 1 N–H and O–H groups in total. The van der Waals surface area contributed by atoms with Gasteiger partial charge in [0.1, 0.15) is 11.6 Å². The van der Waals surface area contributed by atoms with Crippen LogP contribution < -0.4 is 15.0 Å². The number of nitrogens with one attached hydrogen (secondary N) is 1. The van der Waals surface area contributed by atoms with E-state index < -0.39 is 6.10 Å². The van der Waals surface area contributed by atoms with E-state index in [1.54, 1.807) is 18.3 Å². The van der Waals surface area contributed by atoms with E-state index in [0.717, 1.165) is 28.4 Å². The topological polar surface area (TPSA) is 63.7 Å². The summed E-state index contributed by atoms with van der Waals surface area (Å²) in [5.74, 6) is -0.183. The minimum atomic E-state index is -0.716. The fourth-order valence-electron chi connectivity index (χ4n) is 2.89. The lowest BCUT2D eigenvalue weighted by Gasteiger charge is -2.25. The van der Waals surface area contributed by atoms with Crippen LogP contribution in [0.15, 0.2) is 42.5 Å². The van der Waals surface area contributed by atoms with Crippen LogP contribution in [0.25, 0.3) is 10.2 Å². The summed E-state index contributed by atoms with van der Waals surface area (Å²) in [7, 11) is 0. The maximum absolute atomic E-state index is 13.0. The number of anilines is 2. The van der Waals surface area contributed by atoms with Crippen LogP contribution in [0.1, 0.15) is 6.92 Å². The molecule has 1 unspecified atom stereocenters. The molecule has 2 aromatic carbocycles. The predicted molar refractivity (Wildman–Crippen MR) is 108 cm³/mol. The third-order valence-electron chi connectivity index (χ3n) is 4.42. The number of hydrogen-bond acceptors (Lipinski definition) is 6. The van der Waals surface area contributed by atoms with E-state index in [2.05, 4.69) is 15.2 Å². The molecule has 28 heavy (non-hydrogen) atoms. The second-order valence-electron chi connectivity index (χ2n) is 6.48. The number of ether oxygens (including phenoxy) is 2. The zero-order valence-electron chi connectivity index (χ0n) is 15.4. The SMILES string of the molecule is CC(Oc1ccc(F)cc1)C(=O)Nc1ccc2nc(N3CCOCC3)sc2c1. The molecule has 0 radical (unpaired) electrons. The number of morpholine rings is 1. The number of thiazole rings is 1. The summed E-state index contributed by atoms with van der Waals surface area (Å²) in [4.78, 5) is 19.3. The van der Waals surface area contributed by atoms with Gasteiger partial charge in [0.05, 0.1) is 23.4 Å². The van der Waals surface area contributed by atoms with Crippen LogP contribution in [0.5, 0.6) is 5.75 Å². The fourth-order valence-corrected chi connectivity index (χ4v) is 3.95. The first-order valence-corrected chi connectivity index (χ1v) is 9.86. The van der Waals surface area contributed by atoms with E-state index in [1.165, 1.54) is 24.3 Å². The van der Waals surface area contributed by atoms with Crippen molar-refractivity contribution in [1.82, 2.24) is 4.98 Å². The first kappa shape index (κ1) is 18.6. The summed E-state index contributed by atoms with van der Waals surface area (Å²) in [5, 5.41) is 3.83. The number of benzene rings is 2. The zero-order valence-corrected chi connectivity index (χ0v) is 16.2. The summed E-state index contributed by atoms with van der Waals surface area (Å²) in [5.41, 5.74) is 1.59. The number of hydrogen-bond donors (Lipinski definition) is 1. The van der Waals surface area contributed by atoms with Crippen LogP contribution in [0, 0.1) is 5.82 Å². The highest BCUT2D eigenvalue weighted by Crippen LogP contribution is 2.31. The van der Waals surface area contributed by atoms with Crippen LogP contribution in [0.2, 0.25) is 0 Å². The van der Waals surface area contributed by atoms with Crippen molar-refractivity contribution in [2.24, 2.45) is 0 Å². The number of nitrogens with zero attached hydrogens (tertiary/aromatic N) is 2. The molecule has 3 aromatic rings. The van der Waals surface area contributed by atoms with Crippen molar-refractivity contribution in [3.05, 3.63) is 48.3 Å². The number of amides is 1. The summed E-state index contributed by atoms with van der Waals surface area (Å²) < 4.78 is 24.9. The molecular formula is C20H20FN3O3S. The lowest BCUT2D eigenvalue weighted by atomic mass is 10.2. The highest BCUT2D eigenvalue weighted by atomic mass is 32.1. The second kappa shape index (κ2) is 8.12. The number of carbonyl (C=O) groups is 1. The summed E-state index contributed by atoms with van der Waals surface area (Å²) in [6.45, 7) is 4.75. The van der Waals surface area contributed by atoms with Gasteiger partial charge in [-0.1, -0.05) is 11.3 Å². The molecule has 1 aromatic heterocycles. The number of carbonyl (C=O) groups excluding carboxylic acids is 1. The van der Waals surface area contributed by atoms with Crippen molar-refractivity contribution in [3.63, 3.8) is 0 Å². The molecule has 1 saturated heterocycles. The minimum absolute atomic E-state index is 0.276. The Hall–Kier alpha value is -2.71. The number of halogens is 1. The van der Waals surface area contributed by atoms with Gasteiger partial charge >= 0.3 is 0 Å². The summed E-state index contributed by atoms with van der Waals surface area (Å²) in [6, 6.07) is 11.2. The van der Waals surface area contributed by atoms with Crippen LogP contribution >= 0.6 is 11.3 Å². The average Bonchev–Trinajstić information content (AvgIpc) is 3.14. The van der Waals surface area contributed by atoms with Crippen molar-refractivity contribution in [2.75, 3.05) is 36.5 Å². The Morgan fingerprint density at radius 1 is 1.25 bits per heavy atom. The molecule has 1 atom stereocenters. The van der Waals surface area contributed by atoms with E-state index in [9.17, 15) is 9.18 Å². The maximum atomic E-state index is 13.0. The monoisotopic (exact) mass is 401 g/mol. The van der Waals surface area contributed by atoms with E-state index in [-0.39, 0.29) is 11.7 Å². The third kappa shape index (κ3) is 4.23. The van der Waals surface area contributed by atoms with Gasteiger partial charge in [-0.25, -0.2) is 9.37 Å². The standard InChI is InChI=1S/C20H20FN3O3S/c1-13(27-16-5-2-14(21)3-6-16)19(25)22-15-4-7-17-18(12-15)28-20(23-17)24-8-10-26-11-9-24/h2-7,12-13H,8-11H2,1H3,(H,22,25). The molecule has 4 rings (SSSR count). The van der Waals surface area contributed by atoms with Crippen LogP contribution in [-0.4, -0.2) is 43.3 Å². The summed E-state index contributed by atoms with van der Waals surface area (Å²) in [6.07, 6.45) is -0.716. The average molecular weight is 401 g/mol. The maximum Gasteiger partial charge on any atom is 0.265 e. The first-order chi connectivity index (χ1) is 13.6. The lowest BCUT2D eigenvalue weighted by Crippen LogP contribution is -2.36. The van der Waals surface area contributed by atoms with E-state index in [4.69, 9.17) is 9.47 Å². The summed E-state index contributed by atoms with van der Waals surface area (Å²) >= 11 is 1.60. The normalized spacial score (nSPS) is 15.4. The van der Waals surface area contributed by atoms with Crippen molar-refractivity contribution in [3.8, 4) is 5.75 Å².